The van der Waals surface area contributed by atoms with Crippen LogP contribution < -0.4 is 10.2 Å². The first-order valence-electron chi connectivity index (χ1n) is 7.56. The van der Waals surface area contributed by atoms with Gasteiger partial charge in [-0.15, -0.1) is 0 Å². The standard InChI is InChI=1S/C16H25FN2O2/c1-12(2)8-18-9-13-4-3-5-15(17)16(13)19-6-7-21-11-14(19)10-20/h3-5,12,14,18,20H,6-11H2,1-2H3. The average Bonchev–Trinajstić information content (AvgIpc) is 2.47. The first-order valence-corrected chi connectivity index (χ1v) is 7.56. The van der Waals surface area contributed by atoms with Gasteiger partial charge in [-0.05, 0) is 24.1 Å². The Kier molecular flexibility index (Phi) is 5.96. The number of para-hydroxylation sites is 1. The average molecular weight is 296 g/mol. The summed E-state index contributed by atoms with van der Waals surface area (Å²) in [6.07, 6.45) is 0. The predicted molar refractivity (Wildman–Crippen MR) is 82.0 cm³/mol. The van der Waals surface area contributed by atoms with E-state index in [4.69, 9.17) is 4.74 Å². The molecule has 0 saturated carbocycles. The van der Waals surface area contributed by atoms with Crippen molar-refractivity contribution in [2.24, 2.45) is 5.92 Å². The van der Waals surface area contributed by atoms with E-state index in [0.717, 1.165) is 12.1 Å². The lowest BCUT2D eigenvalue weighted by Crippen LogP contribution is -2.48. The maximum Gasteiger partial charge on any atom is 0.146 e. The molecule has 1 heterocycles. The highest BCUT2D eigenvalue weighted by molar-refractivity contribution is 5.56. The molecule has 4 nitrogen and oxygen atoms in total. The third kappa shape index (κ3) is 4.15. The number of aliphatic hydroxyl groups is 1. The molecule has 2 N–H and O–H groups in total. The highest BCUT2D eigenvalue weighted by atomic mass is 19.1. The Morgan fingerprint density at radius 2 is 2.29 bits per heavy atom. The minimum Gasteiger partial charge on any atom is -0.394 e. The molecule has 0 aromatic heterocycles. The maximum absolute atomic E-state index is 14.3. The lowest BCUT2D eigenvalue weighted by Gasteiger charge is -2.37. The molecule has 0 spiro atoms. The van der Waals surface area contributed by atoms with Crippen LogP contribution in [-0.4, -0.2) is 44.1 Å². The van der Waals surface area contributed by atoms with Crippen molar-refractivity contribution in [2.45, 2.75) is 26.4 Å². The van der Waals surface area contributed by atoms with Gasteiger partial charge in [0.1, 0.15) is 5.82 Å². The molecule has 1 unspecified atom stereocenters. The van der Waals surface area contributed by atoms with E-state index in [-0.39, 0.29) is 18.5 Å². The molecule has 0 radical (unpaired) electrons. The van der Waals surface area contributed by atoms with Crippen molar-refractivity contribution in [3.63, 3.8) is 0 Å². The number of ether oxygens (including phenoxy) is 1. The van der Waals surface area contributed by atoms with Gasteiger partial charge in [-0.2, -0.15) is 0 Å². The van der Waals surface area contributed by atoms with Crippen LogP contribution in [0.15, 0.2) is 18.2 Å². The smallest absolute Gasteiger partial charge is 0.146 e. The number of morpholine rings is 1. The summed E-state index contributed by atoms with van der Waals surface area (Å²) in [6.45, 7) is 7.36. The van der Waals surface area contributed by atoms with Crippen molar-refractivity contribution in [2.75, 3.05) is 37.8 Å². The number of aliphatic hydroxyl groups excluding tert-OH is 1. The molecule has 1 saturated heterocycles. The number of nitrogens with zero attached hydrogens (tertiary/aromatic N) is 1. The Morgan fingerprint density at radius 3 is 3.00 bits per heavy atom. The molecule has 1 aromatic carbocycles. The summed E-state index contributed by atoms with van der Waals surface area (Å²) in [4.78, 5) is 1.94. The van der Waals surface area contributed by atoms with E-state index in [0.29, 0.717) is 37.9 Å². The second kappa shape index (κ2) is 7.73. The number of rotatable bonds is 6. The van der Waals surface area contributed by atoms with Gasteiger partial charge in [-0.3, -0.25) is 0 Å². The van der Waals surface area contributed by atoms with Gasteiger partial charge < -0.3 is 20.1 Å². The van der Waals surface area contributed by atoms with Gasteiger partial charge >= 0.3 is 0 Å². The molecule has 2 rings (SSSR count). The first kappa shape index (κ1) is 16.2. The summed E-state index contributed by atoms with van der Waals surface area (Å²) in [5.41, 5.74) is 1.52. The Hall–Kier alpha value is -1.17. The highest BCUT2D eigenvalue weighted by Gasteiger charge is 2.26. The largest absolute Gasteiger partial charge is 0.394 e. The van der Waals surface area contributed by atoms with Gasteiger partial charge in [0.05, 0.1) is 31.5 Å². The summed E-state index contributed by atoms with van der Waals surface area (Å²) < 4.78 is 19.7. The lowest BCUT2D eigenvalue weighted by atomic mass is 10.1. The van der Waals surface area contributed by atoms with E-state index in [2.05, 4.69) is 19.2 Å². The summed E-state index contributed by atoms with van der Waals surface area (Å²) in [6, 6.07) is 4.97. The zero-order chi connectivity index (χ0) is 15.2. The molecule has 0 amide bonds. The topological polar surface area (TPSA) is 44.7 Å². The van der Waals surface area contributed by atoms with E-state index in [1.54, 1.807) is 6.07 Å². The molecular formula is C16H25FN2O2. The number of nitrogens with one attached hydrogen (secondary N) is 1. The van der Waals surface area contributed by atoms with Crippen LogP contribution in [0.4, 0.5) is 10.1 Å². The van der Waals surface area contributed by atoms with Crippen molar-refractivity contribution >= 4 is 5.69 Å². The maximum atomic E-state index is 14.3. The fourth-order valence-corrected chi connectivity index (χ4v) is 2.62. The molecule has 21 heavy (non-hydrogen) atoms. The molecule has 0 bridgehead atoms. The minimum absolute atomic E-state index is 0.0345. The minimum atomic E-state index is -0.237. The van der Waals surface area contributed by atoms with Crippen LogP contribution >= 0.6 is 0 Å². The predicted octanol–water partition coefficient (Wildman–Crippen LogP) is 1.77. The highest BCUT2D eigenvalue weighted by Crippen LogP contribution is 2.27. The molecule has 1 aliphatic heterocycles. The summed E-state index contributed by atoms with van der Waals surface area (Å²) in [5, 5.41) is 12.8. The fourth-order valence-electron chi connectivity index (χ4n) is 2.62. The number of halogens is 1. The lowest BCUT2D eigenvalue weighted by molar-refractivity contribution is 0.0722. The number of anilines is 1. The quantitative estimate of drug-likeness (QED) is 0.840. The van der Waals surface area contributed by atoms with Crippen LogP contribution in [0.25, 0.3) is 0 Å². The fraction of sp³-hybridized carbons (Fsp3) is 0.625. The zero-order valence-corrected chi connectivity index (χ0v) is 12.8. The van der Waals surface area contributed by atoms with E-state index in [1.807, 2.05) is 11.0 Å². The summed E-state index contributed by atoms with van der Waals surface area (Å²) in [7, 11) is 0. The molecule has 1 aliphatic rings. The molecule has 1 atom stereocenters. The third-order valence-corrected chi connectivity index (χ3v) is 3.66. The van der Waals surface area contributed by atoms with Crippen molar-refractivity contribution in [1.29, 1.82) is 0 Å². The zero-order valence-electron chi connectivity index (χ0n) is 12.8. The van der Waals surface area contributed by atoms with Crippen LogP contribution in [0.3, 0.4) is 0 Å². The Bertz CT molecular complexity index is 454. The summed E-state index contributed by atoms with van der Waals surface area (Å²) >= 11 is 0. The first-order chi connectivity index (χ1) is 10.1. The molecular weight excluding hydrogens is 271 g/mol. The van der Waals surface area contributed by atoms with E-state index >= 15 is 0 Å². The van der Waals surface area contributed by atoms with Crippen LogP contribution in [0.1, 0.15) is 19.4 Å². The Balaban J connectivity index is 2.19. The van der Waals surface area contributed by atoms with Gasteiger partial charge in [0, 0.05) is 13.1 Å². The SMILES string of the molecule is CC(C)CNCc1cccc(F)c1N1CCOCC1CO. The van der Waals surface area contributed by atoms with E-state index < -0.39 is 0 Å². The second-order valence-electron chi connectivity index (χ2n) is 5.88. The van der Waals surface area contributed by atoms with Crippen molar-refractivity contribution in [3.8, 4) is 0 Å². The number of hydrogen-bond acceptors (Lipinski definition) is 4. The van der Waals surface area contributed by atoms with Crippen molar-refractivity contribution in [3.05, 3.63) is 29.6 Å². The van der Waals surface area contributed by atoms with Crippen LogP contribution in [0.2, 0.25) is 0 Å². The monoisotopic (exact) mass is 296 g/mol. The van der Waals surface area contributed by atoms with Crippen LogP contribution in [0.5, 0.6) is 0 Å². The van der Waals surface area contributed by atoms with Crippen molar-refractivity contribution < 1.29 is 14.2 Å². The van der Waals surface area contributed by atoms with Gasteiger partial charge in [-0.1, -0.05) is 26.0 Å². The Labute approximate surface area is 125 Å². The van der Waals surface area contributed by atoms with E-state index in [1.165, 1.54) is 6.07 Å². The summed E-state index contributed by atoms with van der Waals surface area (Å²) in [5.74, 6) is 0.315. The number of hydrogen-bond donors (Lipinski definition) is 2. The van der Waals surface area contributed by atoms with Gasteiger partial charge in [0.25, 0.3) is 0 Å². The van der Waals surface area contributed by atoms with Gasteiger partial charge in [0.15, 0.2) is 0 Å². The molecule has 1 aromatic rings. The molecule has 1 fully saturated rings. The molecule has 0 aliphatic carbocycles. The van der Waals surface area contributed by atoms with Gasteiger partial charge in [0.2, 0.25) is 0 Å². The van der Waals surface area contributed by atoms with E-state index in [9.17, 15) is 9.50 Å². The second-order valence-corrected chi connectivity index (χ2v) is 5.88. The van der Waals surface area contributed by atoms with Gasteiger partial charge in [-0.25, -0.2) is 4.39 Å². The molecule has 5 heteroatoms. The van der Waals surface area contributed by atoms with Crippen LogP contribution in [-0.2, 0) is 11.3 Å². The normalized spacial score (nSPS) is 19.3. The van der Waals surface area contributed by atoms with Crippen molar-refractivity contribution in [1.82, 2.24) is 5.32 Å². The number of benzene rings is 1. The molecule has 118 valence electrons. The third-order valence-electron chi connectivity index (χ3n) is 3.66. The Morgan fingerprint density at radius 1 is 1.48 bits per heavy atom. The van der Waals surface area contributed by atoms with Crippen LogP contribution in [0, 0.1) is 11.7 Å².